The Kier molecular flexibility index (Phi) is 2.68. The first-order valence-electron chi connectivity index (χ1n) is 4.80. The summed E-state index contributed by atoms with van der Waals surface area (Å²) in [6.07, 6.45) is 0.707. The highest BCUT2D eigenvalue weighted by Crippen LogP contribution is 2.28. The first kappa shape index (κ1) is 10.1. The van der Waals surface area contributed by atoms with Crippen LogP contribution < -0.4 is 5.32 Å². The number of hydrogen-bond donors (Lipinski definition) is 1. The molecule has 0 amide bonds. The lowest BCUT2D eigenvalue weighted by Crippen LogP contribution is -2.51. The van der Waals surface area contributed by atoms with Crippen LogP contribution in [0, 0.1) is 5.82 Å². The predicted molar refractivity (Wildman–Crippen MR) is 52.7 cm³/mol. The number of halogens is 1. The monoisotopic (exact) mass is 209 g/mol. The number of esters is 1. The Hall–Kier alpha value is -1.42. The molecule has 1 heterocycles. The largest absolute Gasteiger partial charge is 0.468 e. The van der Waals surface area contributed by atoms with Crippen molar-refractivity contribution in [2.75, 3.05) is 7.11 Å². The van der Waals surface area contributed by atoms with Gasteiger partial charge in [-0.3, -0.25) is 10.1 Å². The Morgan fingerprint density at radius 1 is 1.47 bits per heavy atom. The van der Waals surface area contributed by atoms with E-state index >= 15 is 0 Å². The van der Waals surface area contributed by atoms with Crippen LogP contribution in [0.3, 0.4) is 0 Å². The summed E-state index contributed by atoms with van der Waals surface area (Å²) in [6.45, 7) is 0. The van der Waals surface area contributed by atoms with E-state index in [2.05, 4.69) is 10.1 Å². The standard InChI is InChI=1S/C11H12FNO2/c1-15-11(14)10-6-9(13-10)7-2-4-8(12)5-3-7/h2-5,9-10,13H,6H2,1H3. The molecule has 0 radical (unpaired) electrons. The highest BCUT2D eigenvalue weighted by atomic mass is 19.1. The number of hydrogen-bond acceptors (Lipinski definition) is 3. The Labute approximate surface area is 87.2 Å². The molecule has 0 aromatic heterocycles. The normalized spacial score (nSPS) is 24.4. The molecule has 1 aliphatic heterocycles. The molecule has 0 saturated carbocycles. The van der Waals surface area contributed by atoms with Gasteiger partial charge in [0.1, 0.15) is 11.9 Å². The van der Waals surface area contributed by atoms with Crippen molar-refractivity contribution >= 4 is 5.97 Å². The molecule has 0 bridgehead atoms. The molecular formula is C11H12FNO2. The zero-order valence-electron chi connectivity index (χ0n) is 8.37. The van der Waals surface area contributed by atoms with E-state index in [1.165, 1.54) is 19.2 Å². The Balaban J connectivity index is 1.94. The fourth-order valence-corrected chi connectivity index (χ4v) is 1.69. The number of nitrogens with one attached hydrogen (secondary N) is 1. The maximum Gasteiger partial charge on any atom is 0.322 e. The van der Waals surface area contributed by atoms with Crippen LogP contribution in [-0.4, -0.2) is 19.1 Å². The molecule has 1 aliphatic rings. The van der Waals surface area contributed by atoms with Gasteiger partial charge in [-0.1, -0.05) is 12.1 Å². The van der Waals surface area contributed by atoms with Crippen molar-refractivity contribution in [1.29, 1.82) is 0 Å². The maximum atomic E-state index is 12.6. The fourth-order valence-electron chi connectivity index (χ4n) is 1.69. The summed E-state index contributed by atoms with van der Waals surface area (Å²) >= 11 is 0. The van der Waals surface area contributed by atoms with Crippen LogP contribution in [0.15, 0.2) is 24.3 Å². The van der Waals surface area contributed by atoms with E-state index in [0.29, 0.717) is 6.42 Å². The summed E-state index contributed by atoms with van der Waals surface area (Å²) in [4.78, 5) is 11.1. The molecule has 1 saturated heterocycles. The molecule has 2 atom stereocenters. The highest BCUT2D eigenvalue weighted by molar-refractivity contribution is 5.77. The summed E-state index contributed by atoms with van der Waals surface area (Å²) in [5.41, 5.74) is 0.997. The molecular weight excluding hydrogens is 197 g/mol. The van der Waals surface area contributed by atoms with E-state index in [1.54, 1.807) is 12.1 Å². The van der Waals surface area contributed by atoms with Crippen molar-refractivity contribution in [2.24, 2.45) is 0 Å². The van der Waals surface area contributed by atoms with Crippen LogP contribution in [0.25, 0.3) is 0 Å². The number of ether oxygens (including phenoxy) is 1. The van der Waals surface area contributed by atoms with Crippen molar-refractivity contribution < 1.29 is 13.9 Å². The quantitative estimate of drug-likeness (QED) is 0.748. The van der Waals surface area contributed by atoms with Crippen molar-refractivity contribution in [2.45, 2.75) is 18.5 Å². The number of benzene rings is 1. The molecule has 0 aliphatic carbocycles. The fraction of sp³-hybridized carbons (Fsp3) is 0.364. The topological polar surface area (TPSA) is 38.3 Å². The molecule has 2 unspecified atom stereocenters. The van der Waals surface area contributed by atoms with Gasteiger partial charge in [0.25, 0.3) is 0 Å². The number of carbonyl (C=O) groups is 1. The van der Waals surface area contributed by atoms with Gasteiger partial charge in [0.15, 0.2) is 0 Å². The van der Waals surface area contributed by atoms with Crippen LogP contribution >= 0.6 is 0 Å². The first-order valence-corrected chi connectivity index (χ1v) is 4.80. The molecule has 1 fully saturated rings. The zero-order valence-corrected chi connectivity index (χ0v) is 8.37. The average molecular weight is 209 g/mol. The van der Waals surface area contributed by atoms with Crippen molar-refractivity contribution in [1.82, 2.24) is 5.32 Å². The zero-order chi connectivity index (χ0) is 10.8. The molecule has 15 heavy (non-hydrogen) atoms. The second kappa shape index (κ2) is 3.98. The number of rotatable bonds is 2. The van der Waals surface area contributed by atoms with Crippen LogP contribution in [-0.2, 0) is 9.53 Å². The van der Waals surface area contributed by atoms with Crippen LogP contribution in [0.1, 0.15) is 18.0 Å². The Morgan fingerprint density at radius 2 is 2.07 bits per heavy atom. The number of carbonyl (C=O) groups excluding carboxylic acids is 1. The van der Waals surface area contributed by atoms with Gasteiger partial charge in [-0.2, -0.15) is 0 Å². The minimum atomic E-state index is -0.248. The summed E-state index contributed by atoms with van der Waals surface area (Å²) in [5, 5.41) is 3.07. The second-order valence-corrected chi connectivity index (χ2v) is 3.58. The minimum absolute atomic E-state index is 0.134. The van der Waals surface area contributed by atoms with Gasteiger partial charge in [0, 0.05) is 6.04 Å². The summed E-state index contributed by atoms with van der Waals surface area (Å²) < 4.78 is 17.2. The smallest absolute Gasteiger partial charge is 0.322 e. The van der Waals surface area contributed by atoms with Gasteiger partial charge < -0.3 is 4.74 Å². The lowest BCUT2D eigenvalue weighted by atomic mass is 9.91. The third-order valence-electron chi connectivity index (χ3n) is 2.63. The molecule has 80 valence electrons. The SMILES string of the molecule is COC(=O)C1CC(c2ccc(F)cc2)N1. The van der Waals surface area contributed by atoms with Gasteiger partial charge in [-0.25, -0.2) is 4.39 Å². The van der Waals surface area contributed by atoms with E-state index in [4.69, 9.17) is 0 Å². The Morgan fingerprint density at radius 3 is 2.60 bits per heavy atom. The highest BCUT2D eigenvalue weighted by Gasteiger charge is 2.35. The first-order chi connectivity index (χ1) is 7.20. The number of methoxy groups -OCH3 is 1. The maximum absolute atomic E-state index is 12.6. The second-order valence-electron chi connectivity index (χ2n) is 3.58. The van der Waals surface area contributed by atoms with Crippen molar-refractivity contribution in [3.05, 3.63) is 35.6 Å². The van der Waals surface area contributed by atoms with Gasteiger partial charge in [0.2, 0.25) is 0 Å². The van der Waals surface area contributed by atoms with E-state index < -0.39 is 0 Å². The van der Waals surface area contributed by atoms with Crippen LogP contribution in [0.5, 0.6) is 0 Å². The predicted octanol–water partition coefficient (Wildman–Crippen LogP) is 1.40. The minimum Gasteiger partial charge on any atom is -0.468 e. The van der Waals surface area contributed by atoms with E-state index in [9.17, 15) is 9.18 Å². The van der Waals surface area contributed by atoms with E-state index in [0.717, 1.165) is 5.56 Å². The molecule has 1 N–H and O–H groups in total. The van der Waals surface area contributed by atoms with E-state index in [1.807, 2.05) is 0 Å². The van der Waals surface area contributed by atoms with Gasteiger partial charge in [-0.15, -0.1) is 0 Å². The summed E-state index contributed by atoms with van der Waals surface area (Å²) in [6, 6.07) is 6.20. The van der Waals surface area contributed by atoms with Gasteiger partial charge >= 0.3 is 5.97 Å². The van der Waals surface area contributed by atoms with Gasteiger partial charge in [0.05, 0.1) is 7.11 Å². The lowest BCUT2D eigenvalue weighted by molar-refractivity contribution is -0.146. The Bertz CT molecular complexity index is 357. The molecule has 1 aromatic carbocycles. The van der Waals surface area contributed by atoms with Crippen LogP contribution in [0.4, 0.5) is 4.39 Å². The van der Waals surface area contributed by atoms with Crippen LogP contribution in [0.2, 0.25) is 0 Å². The third kappa shape index (κ3) is 1.99. The summed E-state index contributed by atoms with van der Waals surface area (Å²) in [5.74, 6) is -0.490. The summed E-state index contributed by atoms with van der Waals surface area (Å²) in [7, 11) is 1.37. The third-order valence-corrected chi connectivity index (χ3v) is 2.63. The lowest BCUT2D eigenvalue weighted by Gasteiger charge is -2.35. The molecule has 4 heteroatoms. The van der Waals surface area contributed by atoms with Crippen molar-refractivity contribution in [3.8, 4) is 0 Å². The molecule has 1 aromatic rings. The molecule has 3 nitrogen and oxygen atoms in total. The van der Waals surface area contributed by atoms with E-state index in [-0.39, 0.29) is 23.9 Å². The molecule has 2 rings (SSSR count). The molecule has 0 spiro atoms. The van der Waals surface area contributed by atoms with Gasteiger partial charge in [-0.05, 0) is 24.1 Å². The average Bonchev–Trinajstić information content (AvgIpc) is 2.18. The van der Waals surface area contributed by atoms with Crippen molar-refractivity contribution in [3.63, 3.8) is 0 Å².